The van der Waals surface area contributed by atoms with Crippen molar-refractivity contribution in [1.29, 1.82) is 0 Å². The largest absolute Gasteiger partial charge is 0.510 e. The summed E-state index contributed by atoms with van der Waals surface area (Å²) in [5, 5.41) is 9.08. The molecule has 4 heteroatoms. The molecule has 10 heavy (non-hydrogen) atoms. The van der Waals surface area contributed by atoms with Gasteiger partial charge < -0.3 is 15.4 Å². The highest BCUT2D eigenvalue weighted by Crippen LogP contribution is 2.11. The Morgan fingerprint density at radius 1 is 1.50 bits per heavy atom. The molecular formula is C6H9N3O. The van der Waals surface area contributed by atoms with Gasteiger partial charge in [-0.3, -0.25) is 0 Å². The molecule has 0 aliphatic carbocycles. The van der Waals surface area contributed by atoms with Crippen molar-refractivity contribution in [2.75, 3.05) is 13.2 Å². The standard InChI is InChI=1S/C6H9N3O/c10-5-1-2-6-8-7-4-9(6)3-5/h1-2,7-8,10H,3-4H2. The second-order valence-corrected chi connectivity index (χ2v) is 2.37. The lowest BCUT2D eigenvalue weighted by Crippen LogP contribution is -2.25. The lowest BCUT2D eigenvalue weighted by atomic mass is 10.3. The topological polar surface area (TPSA) is 47.5 Å². The molecule has 0 saturated carbocycles. The SMILES string of the molecule is OC1=CC=C2NNCN2C1. The van der Waals surface area contributed by atoms with Gasteiger partial charge in [-0.1, -0.05) is 0 Å². The van der Waals surface area contributed by atoms with Gasteiger partial charge in [-0.05, 0) is 12.2 Å². The van der Waals surface area contributed by atoms with E-state index >= 15 is 0 Å². The number of aliphatic hydroxyl groups excluding tert-OH is 1. The van der Waals surface area contributed by atoms with Crippen LogP contribution in [-0.2, 0) is 0 Å². The molecule has 4 nitrogen and oxygen atoms in total. The Bertz CT molecular complexity index is 209. The summed E-state index contributed by atoms with van der Waals surface area (Å²) in [6.07, 6.45) is 3.55. The molecule has 2 aliphatic heterocycles. The monoisotopic (exact) mass is 139 g/mol. The van der Waals surface area contributed by atoms with E-state index < -0.39 is 0 Å². The van der Waals surface area contributed by atoms with Gasteiger partial charge in [-0.2, -0.15) is 0 Å². The fourth-order valence-electron chi connectivity index (χ4n) is 1.10. The summed E-state index contributed by atoms with van der Waals surface area (Å²) in [6.45, 7) is 1.36. The number of hydrogen-bond donors (Lipinski definition) is 3. The first-order chi connectivity index (χ1) is 4.86. The van der Waals surface area contributed by atoms with E-state index in [0.717, 1.165) is 12.5 Å². The third kappa shape index (κ3) is 0.733. The third-order valence-corrected chi connectivity index (χ3v) is 1.61. The summed E-state index contributed by atoms with van der Waals surface area (Å²) in [4.78, 5) is 2.01. The summed E-state index contributed by atoms with van der Waals surface area (Å²) < 4.78 is 0. The van der Waals surface area contributed by atoms with Gasteiger partial charge in [0.25, 0.3) is 0 Å². The van der Waals surface area contributed by atoms with Gasteiger partial charge in [0.15, 0.2) is 0 Å². The summed E-state index contributed by atoms with van der Waals surface area (Å²) in [6, 6.07) is 0. The average molecular weight is 139 g/mol. The normalized spacial score (nSPS) is 23.0. The lowest BCUT2D eigenvalue weighted by molar-refractivity contribution is 0.308. The Labute approximate surface area is 58.8 Å². The molecule has 0 aromatic heterocycles. The van der Waals surface area contributed by atoms with Crippen molar-refractivity contribution >= 4 is 0 Å². The van der Waals surface area contributed by atoms with Gasteiger partial charge in [-0.15, -0.1) is 0 Å². The molecule has 1 fully saturated rings. The van der Waals surface area contributed by atoms with Crippen molar-refractivity contribution in [2.24, 2.45) is 0 Å². The van der Waals surface area contributed by atoms with Crippen molar-refractivity contribution in [1.82, 2.24) is 15.8 Å². The van der Waals surface area contributed by atoms with Crippen LogP contribution in [0.25, 0.3) is 0 Å². The predicted molar refractivity (Wildman–Crippen MR) is 36.6 cm³/mol. The molecule has 2 rings (SSSR count). The van der Waals surface area contributed by atoms with Gasteiger partial charge >= 0.3 is 0 Å². The highest BCUT2D eigenvalue weighted by molar-refractivity contribution is 5.20. The Balaban J connectivity index is 2.22. The van der Waals surface area contributed by atoms with E-state index in [9.17, 15) is 0 Å². The van der Waals surface area contributed by atoms with Crippen LogP contribution in [0, 0.1) is 0 Å². The zero-order valence-corrected chi connectivity index (χ0v) is 5.46. The van der Waals surface area contributed by atoms with E-state index in [1.165, 1.54) is 0 Å². The minimum Gasteiger partial charge on any atom is -0.510 e. The highest BCUT2D eigenvalue weighted by atomic mass is 16.3. The maximum Gasteiger partial charge on any atom is 0.117 e. The van der Waals surface area contributed by atoms with Crippen molar-refractivity contribution in [3.8, 4) is 0 Å². The number of fused-ring (bicyclic) bond motifs is 1. The van der Waals surface area contributed by atoms with Crippen LogP contribution in [0.5, 0.6) is 0 Å². The van der Waals surface area contributed by atoms with Gasteiger partial charge in [0.2, 0.25) is 0 Å². The Kier molecular flexibility index (Phi) is 1.07. The lowest BCUT2D eigenvalue weighted by Gasteiger charge is -2.19. The van der Waals surface area contributed by atoms with Gasteiger partial charge in [0, 0.05) is 0 Å². The van der Waals surface area contributed by atoms with Crippen LogP contribution in [-0.4, -0.2) is 23.2 Å². The maximum atomic E-state index is 9.08. The molecule has 0 aromatic carbocycles. The van der Waals surface area contributed by atoms with Crippen LogP contribution in [0.1, 0.15) is 0 Å². The Morgan fingerprint density at radius 3 is 3.30 bits per heavy atom. The zero-order valence-electron chi connectivity index (χ0n) is 5.46. The number of allylic oxidation sites excluding steroid dienone is 2. The molecular weight excluding hydrogens is 130 g/mol. The van der Waals surface area contributed by atoms with E-state index in [0.29, 0.717) is 12.3 Å². The zero-order chi connectivity index (χ0) is 6.97. The second-order valence-electron chi connectivity index (χ2n) is 2.37. The third-order valence-electron chi connectivity index (χ3n) is 1.61. The number of rotatable bonds is 0. The average Bonchev–Trinajstić information content (AvgIpc) is 2.33. The summed E-state index contributed by atoms with van der Waals surface area (Å²) in [7, 11) is 0. The molecule has 0 amide bonds. The molecule has 2 aliphatic rings. The maximum absolute atomic E-state index is 9.08. The molecule has 3 N–H and O–H groups in total. The van der Waals surface area contributed by atoms with E-state index in [-0.39, 0.29) is 0 Å². The Hall–Kier alpha value is -1.16. The Morgan fingerprint density at radius 2 is 2.40 bits per heavy atom. The van der Waals surface area contributed by atoms with E-state index in [4.69, 9.17) is 5.11 Å². The summed E-state index contributed by atoms with van der Waals surface area (Å²) in [5.74, 6) is 1.44. The number of hydrogen-bond acceptors (Lipinski definition) is 4. The molecule has 0 atom stereocenters. The molecule has 54 valence electrons. The van der Waals surface area contributed by atoms with Gasteiger partial charge in [-0.25, -0.2) is 5.43 Å². The number of hydrazine groups is 1. The smallest absolute Gasteiger partial charge is 0.117 e. The summed E-state index contributed by atoms with van der Waals surface area (Å²) >= 11 is 0. The molecule has 0 radical (unpaired) electrons. The molecule has 1 saturated heterocycles. The molecule has 0 aromatic rings. The first kappa shape index (κ1) is 5.61. The van der Waals surface area contributed by atoms with Gasteiger partial charge in [0.05, 0.1) is 13.2 Å². The highest BCUT2D eigenvalue weighted by Gasteiger charge is 2.18. The minimum absolute atomic E-state index is 0.411. The second kappa shape index (κ2) is 1.91. The fourth-order valence-corrected chi connectivity index (χ4v) is 1.10. The van der Waals surface area contributed by atoms with Crippen LogP contribution < -0.4 is 10.9 Å². The minimum atomic E-state index is 0.411. The molecule has 2 heterocycles. The molecule has 0 spiro atoms. The van der Waals surface area contributed by atoms with Crippen molar-refractivity contribution in [3.63, 3.8) is 0 Å². The van der Waals surface area contributed by atoms with E-state index in [1.807, 2.05) is 11.0 Å². The van der Waals surface area contributed by atoms with Crippen molar-refractivity contribution in [3.05, 3.63) is 23.7 Å². The first-order valence-electron chi connectivity index (χ1n) is 3.20. The number of nitrogens with zero attached hydrogens (tertiary/aromatic N) is 1. The van der Waals surface area contributed by atoms with Crippen LogP contribution in [0.4, 0.5) is 0 Å². The van der Waals surface area contributed by atoms with E-state index in [2.05, 4.69) is 10.9 Å². The van der Waals surface area contributed by atoms with Crippen LogP contribution in [0.3, 0.4) is 0 Å². The number of aliphatic hydroxyl groups is 1. The quantitative estimate of drug-likeness (QED) is 0.429. The van der Waals surface area contributed by atoms with Crippen LogP contribution in [0.15, 0.2) is 23.7 Å². The van der Waals surface area contributed by atoms with Gasteiger partial charge in [0.1, 0.15) is 11.6 Å². The van der Waals surface area contributed by atoms with Crippen molar-refractivity contribution < 1.29 is 5.11 Å². The fraction of sp³-hybridized carbons (Fsp3) is 0.333. The van der Waals surface area contributed by atoms with E-state index in [1.54, 1.807) is 6.08 Å². The summed E-state index contributed by atoms with van der Waals surface area (Å²) in [5.41, 5.74) is 5.91. The molecule has 0 unspecified atom stereocenters. The molecule has 0 bridgehead atoms. The van der Waals surface area contributed by atoms with Crippen molar-refractivity contribution in [2.45, 2.75) is 0 Å². The van der Waals surface area contributed by atoms with Crippen LogP contribution >= 0.6 is 0 Å². The predicted octanol–water partition coefficient (Wildman–Crippen LogP) is -0.349. The first-order valence-corrected chi connectivity index (χ1v) is 3.20. The van der Waals surface area contributed by atoms with Crippen LogP contribution in [0.2, 0.25) is 0 Å². The number of nitrogens with one attached hydrogen (secondary N) is 2.